The number of benzene rings is 2. The summed E-state index contributed by atoms with van der Waals surface area (Å²) in [5.74, 6) is -5.96. The zero-order valence-electron chi connectivity index (χ0n) is 16.1. The number of hydrogen-bond donors (Lipinski definition) is 0. The molecular formula is C20H18F2O8S. The highest BCUT2D eigenvalue weighted by molar-refractivity contribution is 7.86. The summed E-state index contributed by atoms with van der Waals surface area (Å²) in [6.45, 7) is -0.736. The summed E-state index contributed by atoms with van der Waals surface area (Å²) in [5.41, 5.74) is 0.153. The number of alkyl halides is 2. The Morgan fingerprint density at radius 3 is 2.00 bits per heavy atom. The van der Waals surface area contributed by atoms with Crippen LogP contribution < -0.4 is 0 Å². The van der Waals surface area contributed by atoms with Crippen molar-refractivity contribution >= 4 is 22.1 Å². The highest BCUT2D eigenvalue weighted by Crippen LogP contribution is 2.40. The molecule has 0 unspecified atom stereocenters. The average molecular weight is 456 g/mol. The Hall–Kier alpha value is -2.89. The molecule has 0 saturated carbocycles. The Balaban J connectivity index is 1.79. The van der Waals surface area contributed by atoms with E-state index < -0.39 is 53.1 Å². The minimum absolute atomic E-state index is 0.00851. The van der Waals surface area contributed by atoms with Crippen molar-refractivity contribution in [2.75, 3.05) is 12.9 Å². The number of hydrogen-bond acceptors (Lipinski definition) is 8. The van der Waals surface area contributed by atoms with Crippen molar-refractivity contribution in [1.29, 1.82) is 0 Å². The third-order valence-electron chi connectivity index (χ3n) is 4.22. The van der Waals surface area contributed by atoms with Crippen LogP contribution in [0.1, 0.15) is 20.7 Å². The fraction of sp³-hybridized carbons (Fsp3) is 0.300. The second-order valence-corrected chi connectivity index (χ2v) is 8.24. The summed E-state index contributed by atoms with van der Waals surface area (Å²) in [4.78, 5) is 24.4. The highest BCUT2D eigenvalue weighted by atomic mass is 32.2. The van der Waals surface area contributed by atoms with Crippen molar-refractivity contribution in [2.45, 2.75) is 24.4 Å². The summed E-state index contributed by atoms with van der Waals surface area (Å²) in [7, 11) is -4.33. The van der Waals surface area contributed by atoms with E-state index in [1.54, 1.807) is 24.3 Å². The Morgan fingerprint density at radius 1 is 0.968 bits per heavy atom. The molecule has 0 spiro atoms. The van der Waals surface area contributed by atoms with Crippen molar-refractivity contribution < 1.29 is 45.2 Å². The predicted octanol–water partition coefficient (Wildman–Crippen LogP) is 2.41. The third-order valence-corrected chi connectivity index (χ3v) is 4.75. The van der Waals surface area contributed by atoms with Crippen LogP contribution in [0, 0.1) is 0 Å². The molecule has 1 heterocycles. The Bertz CT molecular complexity index is 1030. The lowest BCUT2D eigenvalue weighted by Gasteiger charge is -2.23. The number of carbonyl (C=O) groups excluding carboxylic acids is 2. The first-order valence-electron chi connectivity index (χ1n) is 8.97. The first kappa shape index (κ1) is 22.8. The van der Waals surface area contributed by atoms with Crippen LogP contribution in [0.15, 0.2) is 60.7 Å². The van der Waals surface area contributed by atoms with Crippen molar-refractivity contribution in [3.63, 3.8) is 0 Å². The van der Waals surface area contributed by atoms with Crippen LogP contribution in [-0.4, -0.2) is 57.6 Å². The van der Waals surface area contributed by atoms with E-state index >= 15 is 0 Å². The van der Waals surface area contributed by atoms with Gasteiger partial charge in [0.15, 0.2) is 0 Å². The summed E-state index contributed by atoms with van der Waals surface area (Å²) >= 11 is 0. The van der Waals surface area contributed by atoms with E-state index in [9.17, 15) is 26.8 Å². The molecule has 3 rings (SSSR count). The standard InChI is InChI=1S/C20H18F2O8S/c1-31(25,26)30-19-20(21,22)16(29-18(24)14-10-6-3-7-11-14)15(28-19)12-27-17(23)13-8-4-2-5-9-13/h2-11,15-16,19H,12H2,1H3/t15-,16+,19+/m1/s1. The molecule has 11 heteroatoms. The first-order chi connectivity index (χ1) is 14.6. The van der Waals surface area contributed by atoms with Gasteiger partial charge in [-0.3, -0.25) is 0 Å². The zero-order chi connectivity index (χ0) is 22.6. The SMILES string of the molecule is CS(=O)(=O)O[C@@H]1O[C@H](COC(=O)c2ccccc2)[C@H](OC(=O)c2ccccc2)C1(F)F. The maximum atomic E-state index is 14.8. The van der Waals surface area contributed by atoms with Crippen molar-refractivity contribution in [2.24, 2.45) is 0 Å². The molecule has 1 aliphatic rings. The van der Waals surface area contributed by atoms with E-state index in [2.05, 4.69) is 4.18 Å². The molecule has 2 aromatic rings. The fourth-order valence-corrected chi connectivity index (χ4v) is 3.29. The van der Waals surface area contributed by atoms with E-state index in [1.165, 1.54) is 36.4 Å². The lowest BCUT2D eigenvalue weighted by molar-refractivity contribution is -0.183. The number of halogens is 2. The quantitative estimate of drug-likeness (QED) is 0.462. The molecule has 0 aliphatic carbocycles. The molecule has 8 nitrogen and oxygen atoms in total. The molecule has 0 radical (unpaired) electrons. The predicted molar refractivity (Wildman–Crippen MR) is 102 cm³/mol. The van der Waals surface area contributed by atoms with E-state index in [4.69, 9.17) is 14.2 Å². The van der Waals surface area contributed by atoms with Crippen LogP contribution in [0.3, 0.4) is 0 Å². The molecule has 0 aromatic heterocycles. The molecule has 31 heavy (non-hydrogen) atoms. The molecule has 1 fully saturated rings. The second-order valence-electron chi connectivity index (χ2n) is 6.64. The van der Waals surface area contributed by atoms with Crippen LogP contribution >= 0.6 is 0 Å². The third kappa shape index (κ3) is 5.63. The first-order valence-corrected chi connectivity index (χ1v) is 10.8. The summed E-state index contributed by atoms with van der Waals surface area (Å²) in [6.07, 6.45) is -5.94. The maximum Gasteiger partial charge on any atom is 0.338 e. The number of ether oxygens (including phenoxy) is 3. The van der Waals surface area contributed by atoms with Crippen molar-refractivity contribution in [1.82, 2.24) is 0 Å². The largest absolute Gasteiger partial charge is 0.459 e. The topological polar surface area (TPSA) is 105 Å². The average Bonchev–Trinajstić information content (AvgIpc) is 2.95. The number of carbonyl (C=O) groups is 2. The van der Waals surface area contributed by atoms with Gasteiger partial charge in [0.05, 0.1) is 17.4 Å². The molecule has 0 N–H and O–H groups in total. The lowest BCUT2D eigenvalue weighted by Crippen LogP contribution is -2.45. The minimum Gasteiger partial charge on any atom is -0.459 e. The van der Waals surface area contributed by atoms with Gasteiger partial charge in [-0.15, -0.1) is 0 Å². The van der Waals surface area contributed by atoms with Gasteiger partial charge in [0.25, 0.3) is 10.1 Å². The van der Waals surface area contributed by atoms with Gasteiger partial charge >= 0.3 is 17.9 Å². The van der Waals surface area contributed by atoms with Gasteiger partial charge in [0.2, 0.25) is 12.4 Å². The van der Waals surface area contributed by atoms with Gasteiger partial charge in [0, 0.05) is 0 Å². The summed E-state index contributed by atoms with van der Waals surface area (Å²) < 4.78 is 71.6. The molecule has 2 aromatic carbocycles. The molecule has 1 saturated heterocycles. The summed E-state index contributed by atoms with van der Waals surface area (Å²) in [5, 5.41) is 0. The summed E-state index contributed by atoms with van der Waals surface area (Å²) in [6, 6.07) is 15.1. The lowest BCUT2D eigenvalue weighted by atomic mass is 10.1. The second kappa shape index (κ2) is 9.08. The number of esters is 2. The van der Waals surface area contributed by atoms with Crippen LogP contribution in [0.25, 0.3) is 0 Å². The molecule has 0 amide bonds. The zero-order valence-corrected chi connectivity index (χ0v) is 17.0. The van der Waals surface area contributed by atoms with Crippen LogP contribution in [0.2, 0.25) is 0 Å². The van der Waals surface area contributed by atoms with Gasteiger partial charge < -0.3 is 14.2 Å². The van der Waals surface area contributed by atoms with Crippen LogP contribution in [-0.2, 0) is 28.5 Å². The van der Waals surface area contributed by atoms with E-state index in [0.29, 0.717) is 6.26 Å². The van der Waals surface area contributed by atoms with Crippen LogP contribution in [0.4, 0.5) is 8.78 Å². The molecule has 166 valence electrons. The molecule has 1 aliphatic heterocycles. The molecular weight excluding hydrogens is 438 g/mol. The van der Waals surface area contributed by atoms with E-state index in [-0.39, 0.29) is 11.1 Å². The van der Waals surface area contributed by atoms with Gasteiger partial charge in [-0.05, 0) is 24.3 Å². The molecule has 0 bridgehead atoms. The normalized spacial score (nSPS) is 22.6. The highest BCUT2D eigenvalue weighted by Gasteiger charge is 2.63. The monoisotopic (exact) mass is 456 g/mol. The van der Waals surface area contributed by atoms with Gasteiger partial charge in [-0.1, -0.05) is 36.4 Å². The minimum atomic E-state index is -4.33. The van der Waals surface area contributed by atoms with Crippen LogP contribution in [0.5, 0.6) is 0 Å². The van der Waals surface area contributed by atoms with Gasteiger partial charge in [-0.25, -0.2) is 13.8 Å². The number of rotatable bonds is 7. The fourth-order valence-electron chi connectivity index (χ4n) is 2.80. The van der Waals surface area contributed by atoms with E-state index in [1.807, 2.05) is 0 Å². The molecule has 3 atom stereocenters. The Morgan fingerprint density at radius 2 is 1.48 bits per heavy atom. The Kier molecular flexibility index (Phi) is 6.68. The van der Waals surface area contributed by atoms with Gasteiger partial charge in [0.1, 0.15) is 12.7 Å². The van der Waals surface area contributed by atoms with Gasteiger partial charge in [-0.2, -0.15) is 17.2 Å². The van der Waals surface area contributed by atoms with Crippen molar-refractivity contribution in [3.8, 4) is 0 Å². The Labute approximate surface area is 176 Å². The van der Waals surface area contributed by atoms with E-state index in [0.717, 1.165) is 0 Å². The smallest absolute Gasteiger partial charge is 0.338 e. The van der Waals surface area contributed by atoms with Crippen molar-refractivity contribution in [3.05, 3.63) is 71.8 Å². The maximum absolute atomic E-state index is 14.8.